The van der Waals surface area contributed by atoms with Crippen LogP contribution in [0.3, 0.4) is 0 Å². The van der Waals surface area contributed by atoms with Crippen molar-refractivity contribution in [2.45, 2.75) is 19.4 Å². The van der Waals surface area contributed by atoms with Crippen LogP contribution < -0.4 is 4.74 Å². The van der Waals surface area contributed by atoms with Crippen LogP contribution in [0.4, 0.5) is 0 Å². The van der Waals surface area contributed by atoms with E-state index in [-0.39, 0.29) is 24.8 Å². The Kier molecular flexibility index (Phi) is 9.43. The van der Waals surface area contributed by atoms with Crippen molar-refractivity contribution in [3.8, 4) is 5.88 Å². The number of methoxy groups -OCH3 is 2. The molecule has 2 aromatic heterocycles. The SMILES string of the molecule is COC(=O)Cc1cccc2nc(Cl)ccc12.COC(=O)Cc1cccc2nc(OCc3ccccc3)ccc12. The number of hydrogen-bond donors (Lipinski definition) is 0. The van der Waals surface area contributed by atoms with E-state index in [0.29, 0.717) is 17.6 Å². The maximum Gasteiger partial charge on any atom is 0.310 e. The highest BCUT2D eigenvalue weighted by Crippen LogP contribution is 2.22. The van der Waals surface area contributed by atoms with Gasteiger partial charge in [0.25, 0.3) is 0 Å². The molecule has 0 fully saturated rings. The summed E-state index contributed by atoms with van der Waals surface area (Å²) in [5.41, 5.74) is 4.48. The van der Waals surface area contributed by atoms with Gasteiger partial charge in [0.05, 0.1) is 38.1 Å². The van der Waals surface area contributed by atoms with Gasteiger partial charge >= 0.3 is 11.9 Å². The van der Waals surface area contributed by atoms with Crippen LogP contribution in [0, 0.1) is 0 Å². The molecule has 0 saturated carbocycles. The molecule has 39 heavy (non-hydrogen) atoms. The Balaban J connectivity index is 0.000000193. The van der Waals surface area contributed by atoms with Crippen molar-refractivity contribution in [1.29, 1.82) is 0 Å². The third kappa shape index (κ3) is 7.52. The molecular weight excluding hydrogens is 516 g/mol. The van der Waals surface area contributed by atoms with Crippen LogP contribution >= 0.6 is 11.6 Å². The number of nitrogens with zero attached hydrogens (tertiary/aromatic N) is 2. The molecule has 0 atom stereocenters. The van der Waals surface area contributed by atoms with Gasteiger partial charge in [-0.2, -0.15) is 0 Å². The van der Waals surface area contributed by atoms with Gasteiger partial charge in [-0.25, -0.2) is 9.97 Å². The predicted molar refractivity (Wildman–Crippen MR) is 151 cm³/mol. The number of hydrogen-bond acceptors (Lipinski definition) is 7. The first-order valence-electron chi connectivity index (χ1n) is 12.2. The number of benzene rings is 3. The quantitative estimate of drug-likeness (QED) is 0.180. The molecule has 8 heteroatoms. The van der Waals surface area contributed by atoms with Gasteiger partial charge in [-0.1, -0.05) is 66.2 Å². The average molecular weight is 543 g/mol. The lowest BCUT2D eigenvalue weighted by molar-refractivity contribution is -0.140. The summed E-state index contributed by atoms with van der Waals surface area (Å²) in [4.78, 5) is 31.4. The van der Waals surface area contributed by atoms with Crippen LogP contribution in [0.25, 0.3) is 21.8 Å². The Morgan fingerprint density at radius 3 is 1.82 bits per heavy atom. The first-order chi connectivity index (χ1) is 19.0. The smallest absolute Gasteiger partial charge is 0.310 e. The van der Waals surface area contributed by atoms with Gasteiger partial charge in [0.2, 0.25) is 5.88 Å². The molecule has 0 aliphatic heterocycles. The van der Waals surface area contributed by atoms with Crippen molar-refractivity contribution in [3.05, 3.63) is 113 Å². The number of halogens is 1. The fourth-order valence-electron chi connectivity index (χ4n) is 3.97. The van der Waals surface area contributed by atoms with Crippen molar-refractivity contribution < 1.29 is 23.8 Å². The molecule has 0 spiro atoms. The van der Waals surface area contributed by atoms with Crippen molar-refractivity contribution in [1.82, 2.24) is 9.97 Å². The first-order valence-corrected chi connectivity index (χ1v) is 12.6. The number of fused-ring (bicyclic) bond motifs is 2. The van der Waals surface area contributed by atoms with Crippen molar-refractivity contribution in [2.75, 3.05) is 14.2 Å². The molecule has 0 unspecified atom stereocenters. The highest BCUT2D eigenvalue weighted by Gasteiger charge is 2.09. The zero-order chi connectivity index (χ0) is 27.6. The lowest BCUT2D eigenvalue weighted by Crippen LogP contribution is -2.05. The summed E-state index contributed by atoms with van der Waals surface area (Å²) in [5, 5.41) is 2.31. The molecule has 0 amide bonds. The number of ether oxygens (including phenoxy) is 3. The number of carbonyl (C=O) groups excluding carboxylic acids is 2. The standard InChI is InChI=1S/C19H17NO3.C12H10ClNO2/c1-22-19(21)12-15-8-5-9-17-16(15)10-11-18(20-17)23-13-14-6-3-2-4-7-14;1-16-12(15)7-8-3-2-4-10-9(8)5-6-11(13)14-10/h2-11H,12-13H2,1H3;2-6H,7H2,1H3. The fourth-order valence-corrected chi connectivity index (χ4v) is 4.12. The van der Waals surface area contributed by atoms with Crippen LogP contribution in [0.15, 0.2) is 91.0 Å². The third-order valence-corrected chi connectivity index (χ3v) is 6.15. The molecule has 198 valence electrons. The van der Waals surface area contributed by atoms with Gasteiger partial charge in [0.1, 0.15) is 11.8 Å². The van der Waals surface area contributed by atoms with E-state index in [9.17, 15) is 9.59 Å². The monoisotopic (exact) mass is 542 g/mol. The molecule has 0 bridgehead atoms. The summed E-state index contributed by atoms with van der Waals surface area (Å²) in [6.07, 6.45) is 0.483. The number of rotatable bonds is 7. The molecule has 5 aromatic rings. The second-order valence-electron chi connectivity index (χ2n) is 8.53. The Morgan fingerprint density at radius 2 is 1.23 bits per heavy atom. The Labute approximate surface area is 231 Å². The van der Waals surface area contributed by atoms with Crippen LogP contribution in [0.2, 0.25) is 5.15 Å². The average Bonchev–Trinajstić information content (AvgIpc) is 2.96. The maximum atomic E-state index is 11.5. The molecule has 7 nitrogen and oxygen atoms in total. The minimum absolute atomic E-state index is 0.236. The minimum atomic E-state index is -0.262. The number of esters is 2. The molecular formula is C31H27ClN2O5. The summed E-state index contributed by atoms with van der Waals surface area (Å²) in [7, 11) is 2.77. The molecule has 2 heterocycles. The highest BCUT2D eigenvalue weighted by atomic mass is 35.5. The van der Waals surface area contributed by atoms with Gasteiger partial charge in [-0.15, -0.1) is 0 Å². The third-order valence-electron chi connectivity index (χ3n) is 5.94. The lowest BCUT2D eigenvalue weighted by Gasteiger charge is -2.08. The van der Waals surface area contributed by atoms with Crippen LogP contribution in [0.5, 0.6) is 5.88 Å². The first kappa shape index (κ1) is 27.5. The van der Waals surface area contributed by atoms with Gasteiger partial charge in [0.15, 0.2) is 0 Å². The molecule has 5 rings (SSSR count). The van der Waals surface area contributed by atoms with Gasteiger partial charge < -0.3 is 14.2 Å². The Morgan fingerprint density at radius 1 is 0.667 bits per heavy atom. The van der Waals surface area contributed by atoms with E-state index < -0.39 is 0 Å². The van der Waals surface area contributed by atoms with E-state index >= 15 is 0 Å². The van der Waals surface area contributed by atoms with E-state index in [1.54, 1.807) is 6.07 Å². The van der Waals surface area contributed by atoms with E-state index in [1.807, 2.05) is 84.9 Å². The summed E-state index contributed by atoms with van der Waals surface area (Å²) in [6.45, 7) is 0.473. The van der Waals surface area contributed by atoms with E-state index in [2.05, 4.69) is 14.7 Å². The van der Waals surface area contributed by atoms with Gasteiger partial charge in [-0.05, 0) is 47.0 Å². The fraction of sp³-hybridized carbons (Fsp3) is 0.161. The number of carbonyl (C=O) groups is 2. The van der Waals surface area contributed by atoms with Gasteiger partial charge in [0, 0.05) is 16.8 Å². The summed E-state index contributed by atoms with van der Waals surface area (Å²) < 4.78 is 15.1. The van der Waals surface area contributed by atoms with Crippen molar-refractivity contribution >= 4 is 45.3 Å². The number of pyridine rings is 2. The molecule has 0 radical (unpaired) electrons. The van der Waals surface area contributed by atoms with E-state index in [4.69, 9.17) is 21.1 Å². The van der Waals surface area contributed by atoms with E-state index in [0.717, 1.165) is 38.5 Å². The lowest BCUT2D eigenvalue weighted by atomic mass is 10.1. The molecule has 0 aliphatic rings. The predicted octanol–water partition coefficient (Wildman–Crippen LogP) is 6.13. The molecule has 0 saturated heterocycles. The summed E-state index contributed by atoms with van der Waals surface area (Å²) in [5.74, 6) is 0.0425. The van der Waals surface area contributed by atoms with Gasteiger partial charge in [-0.3, -0.25) is 9.59 Å². The topological polar surface area (TPSA) is 87.6 Å². The molecule has 0 aliphatic carbocycles. The van der Waals surface area contributed by atoms with Crippen LogP contribution in [-0.2, 0) is 38.5 Å². The second-order valence-corrected chi connectivity index (χ2v) is 8.92. The summed E-state index contributed by atoms with van der Waals surface area (Å²) in [6, 6.07) is 28.6. The van der Waals surface area contributed by atoms with Crippen molar-refractivity contribution in [2.24, 2.45) is 0 Å². The van der Waals surface area contributed by atoms with Crippen molar-refractivity contribution in [3.63, 3.8) is 0 Å². The normalized spacial score (nSPS) is 10.4. The molecule has 3 aromatic carbocycles. The van der Waals surface area contributed by atoms with E-state index in [1.165, 1.54) is 14.2 Å². The number of aromatic nitrogens is 2. The zero-order valence-corrected chi connectivity index (χ0v) is 22.4. The Hall–Kier alpha value is -4.49. The minimum Gasteiger partial charge on any atom is -0.473 e. The van der Waals surface area contributed by atoms with Crippen LogP contribution in [0.1, 0.15) is 16.7 Å². The molecule has 0 N–H and O–H groups in total. The van der Waals surface area contributed by atoms with Crippen LogP contribution in [-0.4, -0.2) is 36.1 Å². The maximum absolute atomic E-state index is 11.5. The largest absolute Gasteiger partial charge is 0.473 e. The highest BCUT2D eigenvalue weighted by molar-refractivity contribution is 6.29. The second kappa shape index (κ2) is 13.3. The zero-order valence-electron chi connectivity index (χ0n) is 21.6. The Bertz CT molecular complexity index is 1590. The summed E-state index contributed by atoms with van der Waals surface area (Å²) >= 11 is 5.80.